The molecule has 1 N–H and O–H groups in total. The minimum atomic E-state index is -0.273. The van der Waals surface area contributed by atoms with Gasteiger partial charge in [-0.05, 0) is 30.3 Å². The molecule has 3 aromatic rings. The van der Waals surface area contributed by atoms with Gasteiger partial charge in [-0.25, -0.2) is 0 Å². The lowest BCUT2D eigenvalue weighted by atomic mass is 10.2. The Labute approximate surface area is 142 Å². The van der Waals surface area contributed by atoms with Gasteiger partial charge in [-0.15, -0.1) is 10.2 Å². The monoisotopic (exact) mass is 347 g/mol. The van der Waals surface area contributed by atoms with Gasteiger partial charge in [-0.2, -0.15) is 0 Å². The van der Waals surface area contributed by atoms with Crippen molar-refractivity contribution in [3.8, 4) is 11.5 Å². The fourth-order valence-corrected chi connectivity index (χ4v) is 2.36. The zero-order chi connectivity index (χ0) is 16.2. The first-order chi connectivity index (χ1) is 11.1. The highest BCUT2D eigenvalue weighted by Crippen LogP contribution is 2.26. The molecule has 5 nitrogen and oxygen atoms in total. The van der Waals surface area contributed by atoms with Gasteiger partial charge in [0.05, 0.1) is 17.1 Å². The molecule has 1 amide bonds. The summed E-state index contributed by atoms with van der Waals surface area (Å²) in [6, 6.07) is 13.8. The first-order valence-electron chi connectivity index (χ1n) is 6.74. The number of carbonyl (C=O) groups excluding carboxylic acids is 1. The number of hydrogen-bond acceptors (Lipinski definition) is 4. The lowest BCUT2D eigenvalue weighted by molar-refractivity contribution is 0.0947. The number of carbonyl (C=O) groups is 1. The number of amides is 1. The van der Waals surface area contributed by atoms with Crippen LogP contribution in [-0.2, 0) is 6.54 Å². The number of nitrogens with zero attached hydrogens (tertiary/aromatic N) is 2. The van der Waals surface area contributed by atoms with Crippen molar-refractivity contribution < 1.29 is 9.21 Å². The van der Waals surface area contributed by atoms with E-state index in [2.05, 4.69) is 15.5 Å². The Morgan fingerprint density at radius 1 is 1.09 bits per heavy atom. The smallest absolute Gasteiger partial charge is 0.251 e. The molecule has 2 aromatic carbocycles. The van der Waals surface area contributed by atoms with Crippen LogP contribution in [0.1, 0.15) is 16.2 Å². The van der Waals surface area contributed by atoms with Crippen molar-refractivity contribution in [3.05, 3.63) is 70.0 Å². The molecule has 0 spiro atoms. The van der Waals surface area contributed by atoms with Gasteiger partial charge in [0.1, 0.15) is 0 Å². The van der Waals surface area contributed by atoms with Gasteiger partial charge < -0.3 is 9.73 Å². The van der Waals surface area contributed by atoms with Crippen molar-refractivity contribution in [2.24, 2.45) is 0 Å². The Hall–Kier alpha value is -2.37. The van der Waals surface area contributed by atoms with Crippen LogP contribution in [0.25, 0.3) is 11.5 Å². The Kier molecular flexibility index (Phi) is 4.60. The summed E-state index contributed by atoms with van der Waals surface area (Å²) in [6.45, 7) is 0.114. The van der Waals surface area contributed by atoms with Crippen molar-refractivity contribution in [2.45, 2.75) is 6.54 Å². The zero-order valence-electron chi connectivity index (χ0n) is 11.8. The van der Waals surface area contributed by atoms with Crippen LogP contribution in [0.15, 0.2) is 52.9 Å². The molecule has 0 saturated carbocycles. The van der Waals surface area contributed by atoms with Crippen molar-refractivity contribution >= 4 is 29.1 Å². The van der Waals surface area contributed by atoms with E-state index in [-0.39, 0.29) is 18.3 Å². The fraction of sp³-hybridized carbons (Fsp3) is 0.0625. The lowest BCUT2D eigenvalue weighted by Gasteiger charge is -2.02. The first-order valence-corrected chi connectivity index (χ1v) is 7.50. The van der Waals surface area contributed by atoms with Gasteiger partial charge in [0, 0.05) is 10.6 Å². The first kappa shape index (κ1) is 15.5. The third-order valence-electron chi connectivity index (χ3n) is 3.06. The van der Waals surface area contributed by atoms with E-state index in [4.69, 9.17) is 27.6 Å². The molecule has 0 aliphatic rings. The predicted octanol–water partition coefficient (Wildman–Crippen LogP) is 3.97. The molecule has 0 unspecified atom stereocenters. The number of aromatic nitrogens is 2. The van der Waals surface area contributed by atoms with Gasteiger partial charge in [-0.3, -0.25) is 4.79 Å². The van der Waals surface area contributed by atoms with Crippen LogP contribution in [0.2, 0.25) is 10.0 Å². The number of halogens is 2. The molecule has 0 radical (unpaired) electrons. The summed E-state index contributed by atoms with van der Waals surface area (Å²) >= 11 is 11.9. The minimum absolute atomic E-state index is 0.114. The largest absolute Gasteiger partial charge is 0.419 e. The summed E-state index contributed by atoms with van der Waals surface area (Å²) in [6.07, 6.45) is 0. The second kappa shape index (κ2) is 6.81. The summed E-state index contributed by atoms with van der Waals surface area (Å²) in [5.41, 5.74) is 1.11. The van der Waals surface area contributed by atoms with E-state index in [1.807, 2.05) is 12.1 Å². The van der Waals surface area contributed by atoms with Crippen molar-refractivity contribution in [3.63, 3.8) is 0 Å². The average molecular weight is 348 g/mol. The summed E-state index contributed by atoms with van der Waals surface area (Å²) in [7, 11) is 0. The molecule has 0 fully saturated rings. The highest BCUT2D eigenvalue weighted by atomic mass is 35.5. The molecule has 0 aliphatic heterocycles. The highest BCUT2D eigenvalue weighted by molar-refractivity contribution is 6.33. The molecular formula is C16H11Cl2N3O2. The zero-order valence-corrected chi connectivity index (χ0v) is 13.3. The van der Waals surface area contributed by atoms with Crippen LogP contribution in [0.3, 0.4) is 0 Å². The highest BCUT2D eigenvalue weighted by Gasteiger charge is 2.12. The number of rotatable bonds is 4. The van der Waals surface area contributed by atoms with E-state index in [0.717, 1.165) is 0 Å². The quantitative estimate of drug-likeness (QED) is 0.775. The minimum Gasteiger partial charge on any atom is -0.419 e. The normalized spacial score (nSPS) is 10.5. The third-order valence-corrected chi connectivity index (χ3v) is 3.62. The van der Waals surface area contributed by atoms with Crippen molar-refractivity contribution in [1.29, 1.82) is 0 Å². The van der Waals surface area contributed by atoms with E-state index in [9.17, 15) is 4.79 Å². The Morgan fingerprint density at radius 3 is 2.70 bits per heavy atom. The molecule has 0 aliphatic carbocycles. The summed E-state index contributed by atoms with van der Waals surface area (Å²) in [5, 5.41) is 11.6. The van der Waals surface area contributed by atoms with Crippen LogP contribution in [0.5, 0.6) is 0 Å². The van der Waals surface area contributed by atoms with E-state index in [0.29, 0.717) is 27.1 Å². The van der Waals surface area contributed by atoms with Crippen molar-refractivity contribution in [1.82, 2.24) is 15.5 Å². The van der Waals surface area contributed by atoms with Crippen LogP contribution < -0.4 is 5.32 Å². The van der Waals surface area contributed by atoms with Crippen LogP contribution in [0.4, 0.5) is 0 Å². The maximum atomic E-state index is 12.0. The van der Waals surface area contributed by atoms with E-state index in [1.54, 1.807) is 36.4 Å². The molecule has 7 heteroatoms. The molecule has 1 heterocycles. The van der Waals surface area contributed by atoms with Gasteiger partial charge in [0.25, 0.3) is 5.91 Å². The molecule has 0 bridgehead atoms. The molecule has 23 heavy (non-hydrogen) atoms. The van der Waals surface area contributed by atoms with E-state index < -0.39 is 0 Å². The summed E-state index contributed by atoms with van der Waals surface area (Å²) in [5.74, 6) is 0.322. The van der Waals surface area contributed by atoms with Gasteiger partial charge in [-0.1, -0.05) is 41.4 Å². The summed E-state index contributed by atoms with van der Waals surface area (Å²) < 4.78 is 5.51. The predicted molar refractivity (Wildman–Crippen MR) is 87.4 cm³/mol. The fourth-order valence-electron chi connectivity index (χ4n) is 1.96. The van der Waals surface area contributed by atoms with Crippen LogP contribution >= 0.6 is 23.2 Å². The van der Waals surface area contributed by atoms with Gasteiger partial charge in [0.15, 0.2) is 0 Å². The summed E-state index contributed by atoms with van der Waals surface area (Å²) in [4.78, 5) is 12.0. The molecule has 3 rings (SSSR count). The number of nitrogens with one attached hydrogen (secondary N) is 1. The van der Waals surface area contributed by atoms with E-state index >= 15 is 0 Å². The van der Waals surface area contributed by atoms with Gasteiger partial charge in [0.2, 0.25) is 11.8 Å². The Morgan fingerprint density at radius 2 is 1.91 bits per heavy atom. The molecular weight excluding hydrogens is 337 g/mol. The third kappa shape index (κ3) is 3.70. The van der Waals surface area contributed by atoms with Crippen LogP contribution in [-0.4, -0.2) is 16.1 Å². The average Bonchev–Trinajstić information content (AvgIpc) is 3.02. The maximum Gasteiger partial charge on any atom is 0.251 e. The topological polar surface area (TPSA) is 68.0 Å². The Balaban J connectivity index is 1.68. The maximum absolute atomic E-state index is 12.0. The second-order valence-corrected chi connectivity index (χ2v) is 5.52. The molecule has 116 valence electrons. The second-order valence-electron chi connectivity index (χ2n) is 4.67. The molecule has 1 aromatic heterocycles. The Bertz CT molecular complexity index is 849. The lowest BCUT2D eigenvalue weighted by Crippen LogP contribution is -2.22. The molecule has 0 atom stereocenters. The van der Waals surface area contributed by atoms with Crippen molar-refractivity contribution in [2.75, 3.05) is 0 Å². The van der Waals surface area contributed by atoms with Gasteiger partial charge >= 0.3 is 0 Å². The van der Waals surface area contributed by atoms with E-state index in [1.165, 1.54) is 0 Å². The number of hydrogen-bond donors (Lipinski definition) is 1. The standard InChI is InChI=1S/C16H11Cl2N3O2/c17-11-5-3-4-10(8-11)15(22)19-9-14-20-21-16(23-14)12-6-1-2-7-13(12)18/h1-8H,9H2,(H,19,22). The number of benzene rings is 2. The van der Waals surface area contributed by atoms with Crippen LogP contribution in [0, 0.1) is 0 Å². The SMILES string of the molecule is O=C(NCc1nnc(-c2ccccc2Cl)o1)c1cccc(Cl)c1. The molecule has 0 saturated heterocycles.